The van der Waals surface area contributed by atoms with Gasteiger partial charge in [-0.15, -0.1) is 0 Å². The SMILES string of the molecule is COc1ccc(OC(C)/C(O)=C(\C#N)c2nc3ccccc3[nH]2)c([N+](=O)[O-])c1. The highest BCUT2D eigenvalue weighted by atomic mass is 16.6. The summed E-state index contributed by atoms with van der Waals surface area (Å²) in [5.41, 5.74) is 0.913. The average Bonchev–Trinajstić information content (AvgIpc) is 3.12. The van der Waals surface area contributed by atoms with E-state index in [9.17, 15) is 20.5 Å². The van der Waals surface area contributed by atoms with Crippen LogP contribution in [0.4, 0.5) is 5.69 Å². The van der Waals surface area contributed by atoms with E-state index < -0.39 is 16.8 Å². The van der Waals surface area contributed by atoms with E-state index in [1.54, 1.807) is 18.2 Å². The number of nitrogens with one attached hydrogen (secondary N) is 1. The van der Waals surface area contributed by atoms with Crippen LogP contribution >= 0.6 is 0 Å². The molecule has 0 bridgehead atoms. The van der Waals surface area contributed by atoms with E-state index in [-0.39, 0.29) is 22.8 Å². The van der Waals surface area contributed by atoms with Crippen LogP contribution in [0.3, 0.4) is 0 Å². The number of nitro groups is 1. The van der Waals surface area contributed by atoms with Crippen LogP contribution in [0.1, 0.15) is 12.7 Å². The molecule has 0 saturated carbocycles. The van der Waals surface area contributed by atoms with Gasteiger partial charge in [-0.2, -0.15) is 5.26 Å². The van der Waals surface area contributed by atoms with Gasteiger partial charge in [-0.25, -0.2) is 4.98 Å². The highest BCUT2D eigenvalue weighted by Crippen LogP contribution is 2.33. The fourth-order valence-corrected chi connectivity index (χ4v) is 2.62. The van der Waals surface area contributed by atoms with Gasteiger partial charge in [0.25, 0.3) is 0 Å². The molecule has 9 nitrogen and oxygen atoms in total. The zero-order chi connectivity index (χ0) is 20.3. The first-order chi connectivity index (χ1) is 13.4. The van der Waals surface area contributed by atoms with Crippen molar-refractivity contribution in [3.8, 4) is 17.6 Å². The van der Waals surface area contributed by atoms with Crippen LogP contribution in [-0.4, -0.2) is 33.2 Å². The molecule has 0 amide bonds. The Morgan fingerprint density at radius 3 is 2.75 bits per heavy atom. The van der Waals surface area contributed by atoms with Gasteiger partial charge in [0.05, 0.1) is 29.1 Å². The van der Waals surface area contributed by atoms with Gasteiger partial charge < -0.3 is 19.6 Å². The maximum atomic E-state index is 11.3. The molecule has 0 spiro atoms. The molecule has 1 aromatic heterocycles. The molecule has 1 heterocycles. The maximum Gasteiger partial charge on any atom is 0.314 e. The predicted molar refractivity (Wildman–Crippen MR) is 101 cm³/mol. The number of ether oxygens (including phenoxy) is 2. The van der Waals surface area contributed by atoms with Gasteiger partial charge in [0.1, 0.15) is 17.4 Å². The van der Waals surface area contributed by atoms with Crippen LogP contribution in [0.25, 0.3) is 16.6 Å². The second-order valence-corrected chi connectivity index (χ2v) is 5.83. The number of aromatic nitrogens is 2. The first-order valence-corrected chi connectivity index (χ1v) is 8.22. The molecular formula is C19H16N4O5. The summed E-state index contributed by atoms with van der Waals surface area (Å²) in [6, 6.07) is 13.2. The molecular weight excluding hydrogens is 364 g/mol. The minimum absolute atomic E-state index is 0.0632. The van der Waals surface area contributed by atoms with Crippen LogP contribution in [0, 0.1) is 21.4 Å². The van der Waals surface area contributed by atoms with Crippen molar-refractivity contribution in [3.63, 3.8) is 0 Å². The number of hydrogen-bond donors (Lipinski definition) is 2. The third-order valence-corrected chi connectivity index (χ3v) is 4.05. The number of benzene rings is 2. The average molecular weight is 380 g/mol. The molecule has 9 heteroatoms. The van der Waals surface area contributed by atoms with E-state index in [0.29, 0.717) is 16.8 Å². The molecule has 142 valence electrons. The Labute approximate surface area is 159 Å². The number of aliphatic hydroxyl groups is 1. The summed E-state index contributed by atoms with van der Waals surface area (Å²) in [6.45, 7) is 1.48. The summed E-state index contributed by atoms with van der Waals surface area (Å²) >= 11 is 0. The highest BCUT2D eigenvalue weighted by molar-refractivity contribution is 5.83. The Bertz CT molecular complexity index is 1080. The highest BCUT2D eigenvalue weighted by Gasteiger charge is 2.23. The molecule has 0 aliphatic carbocycles. The molecule has 1 atom stereocenters. The predicted octanol–water partition coefficient (Wildman–Crippen LogP) is 3.74. The summed E-state index contributed by atoms with van der Waals surface area (Å²) in [7, 11) is 1.39. The molecule has 2 aromatic carbocycles. The number of aliphatic hydroxyl groups excluding tert-OH is 1. The van der Waals surface area contributed by atoms with Crippen molar-refractivity contribution in [1.82, 2.24) is 9.97 Å². The van der Waals surface area contributed by atoms with E-state index in [1.807, 2.05) is 12.1 Å². The normalized spacial score (nSPS) is 12.8. The Balaban J connectivity index is 1.95. The number of para-hydroxylation sites is 2. The smallest absolute Gasteiger partial charge is 0.314 e. The van der Waals surface area contributed by atoms with Gasteiger partial charge in [0.2, 0.25) is 0 Å². The number of allylic oxidation sites excluding steroid dienone is 1. The van der Waals surface area contributed by atoms with Gasteiger partial charge in [-0.1, -0.05) is 12.1 Å². The lowest BCUT2D eigenvalue weighted by atomic mass is 10.1. The number of H-pyrrole nitrogens is 1. The van der Waals surface area contributed by atoms with Crippen LogP contribution in [0.5, 0.6) is 11.5 Å². The van der Waals surface area contributed by atoms with E-state index in [4.69, 9.17) is 9.47 Å². The Morgan fingerprint density at radius 1 is 1.36 bits per heavy atom. The zero-order valence-electron chi connectivity index (χ0n) is 15.0. The van der Waals surface area contributed by atoms with E-state index in [2.05, 4.69) is 9.97 Å². The summed E-state index contributed by atoms with van der Waals surface area (Å²) in [5.74, 6) is 0.0192. The number of methoxy groups -OCH3 is 1. The summed E-state index contributed by atoms with van der Waals surface area (Å²) in [4.78, 5) is 17.9. The molecule has 1 unspecified atom stereocenters. The summed E-state index contributed by atoms with van der Waals surface area (Å²) in [6.07, 6.45) is -1.03. The quantitative estimate of drug-likeness (QED) is 0.288. The summed E-state index contributed by atoms with van der Waals surface area (Å²) < 4.78 is 10.5. The zero-order valence-corrected chi connectivity index (χ0v) is 15.0. The van der Waals surface area contributed by atoms with Crippen molar-refractivity contribution in [1.29, 1.82) is 5.26 Å². The lowest BCUT2D eigenvalue weighted by Gasteiger charge is -2.15. The monoisotopic (exact) mass is 380 g/mol. The van der Waals surface area contributed by atoms with Crippen LogP contribution in [0.2, 0.25) is 0 Å². The van der Waals surface area contributed by atoms with Crippen molar-refractivity contribution >= 4 is 22.3 Å². The third kappa shape index (κ3) is 3.57. The first kappa shape index (κ1) is 18.7. The largest absolute Gasteiger partial charge is 0.507 e. The van der Waals surface area contributed by atoms with Crippen molar-refractivity contribution in [3.05, 3.63) is 64.2 Å². The van der Waals surface area contributed by atoms with Crippen LogP contribution < -0.4 is 9.47 Å². The number of fused-ring (bicyclic) bond motifs is 1. The minimum Gasteiger partial charge on any atom is -0.507 e. The van der Waals surface area contributed by atoms with Crippen molar-refractivity contribution in [2.75, 3.05) is 7.11 Å². The van der Waals surface area contributed by atoms with Gasteiger partial charge in [0.15, 0.2) is 23.4 Å². The Hall–Kier alpha value is -4.06. The molecule has 0 saturated heterocycles. The van der Waals surface area contributed by atoms with Gasteiger partial charge >= 0.3 is 5.69 Å². The molecule has 3 aromatic rings. The number of aromatic amines is 1. The standard InChI is InChI=1S/C19H16N4O5/c1-11(28-17-8-7-12(27-2)9-16(17)23(25)26)18(24)13(10-20)19-21-14-5-3-4-6-15(14)22-19/h3-9,11,24H,1-2H3,(H,21,22)/b18-13-. The van der Waals surface area contributed by atoms with Crippen LogP contribution in [0.15, 0.2) is 48.2 Å². The van der Waals surface area contributed by atoms with Gasteiger partial charge in [-0.3, -0.25) is 10.1 Å². The number of imidazole rings is 1. The maximum absolute atomic E-state index is 11.3. The van der Waals surface area contributed by atoms with Crippen LogP contribution in [-0.2, 0) is 0 Å². The molecule has 0 aliphatic heterocycles. The fraction of sp³-hybridized carbons (Fsp3) is 0.158. The number of nitro benzene ring substituents is 1. The van der Waals surface area contributed by atoms with E-state index >= 15 is 0 Å². The number of hydrogen-bond acceptors (Lipinski definition) is 7. The fourth-order valence-electron chi connectivity index (χ4n) is 2.62. The molecule has 0 radical (unpaired) electrons. The number of nitriles is 1. The second kappa shape index (κ2) is 7.67. The summed E-state index contributed by atoms with van der Waals surface area (Å²) in [5, 5.41) is 31.3. The molecule has 3 rings (SSSR count). The number of rotatable bonds is 6. The van der Waals surface area contributed by atoms with E-state index in [1.165, 1.54) is 32.2 Å². The Kier molecular flexibility index (Phi) is 5.13. The lowest BCUT2D eigenvalue weighted by Crippen LogP contribution is -2.17. The third-order valence-electron chi connectivity index (χ3n) is 4.05. The molecule has 28 heavy (non-hydrogen) atoms. The molecule has 0 aliphatic rings. The second-order valence-electron chi connectivity index (χ2n) is 5.83. The van der Waals surface area contributed by atoms with Gasteiger partial charge in [0, 0.05) is 0 Å². The van der Waals surface area contributed by atoms with E-state index in [0.717, 1.165) is 0 Å². The molecule has 0 fully saturated rings. The first-order valence-electron chi connectivity index (χ1n) is 8.22. The van der Waals surface area contributed by atoms with Crippen molar-refractivity contribution in [2.45, 2.75) is 13.0 Å². The Morgan fingerprint density at radius 2 is 2.11 bits per heavy atom. The lowest BCUT2D eigenvalue weighted by molar-refractivity contribution is -0.386. The topological polar surface area (TPSA) is 134 Å². The minimum atomic E-state index is -1.03. The molecule has 2 N–H and O–H groups in total. The number of nitrogens with zero attached hydrogens (tertiary/aromatic N) is 3. The van der Waals surface area contributed by atoms with Crippen molar-refractivity contribution in [2.24, 2.45) is 0 Å². The van der Waals surface area contributed by atoms with Gasteiger partial charge in [-0.05, 0) is 31.2 Å². The van der Waals surface area contributed by atoms with Crippen molar-refractivity contribution < 1.29 is 19.5 Å².